The molecule has 3 N–H and O–H groups in total. The third-order valence-corrected chi connectivity index (χ3v) is 3.02. The van der Waals surface area contributed by atoms with Crippen molar-refractivity contribution in [3.8, 4) is 0 Å². The van der Waals surface area contributed by atoms with Gasteiger partial charge in [-0.05, 0) is 34.7 Å². The lowest BCUT2D eigenvalue weighted by Gasteiger charge is -2.09. The molecule has 0 aliphatic carbocycles. The van der Waals surface area contributed by atoms with Gasteiger partial charge in [0.2, 0.25) is 0 Å². The maximum atomic E-state index is 13.4. The summed E-state index contributed by atoms with van der Waals surface area (Å²) < 4.78 is 13.9. The van der Waals surface area contributed by atoms with Gasteiger partial charge in [0.25, 0.3) is 0 Å². The van der Waals surface area contributed by atoms with Crippen molar-refractivity contribution in [3.63, 3.8) is 0 Å². The number of benzene rings is 1. The number of hydrogen-bond acceptors (Lipinski definition) is 4. The summed E-state index contributed by atoms with van der Waals surface area (Å²) in [6, 6.07) is 4.77. The number of aromatic nitrogens is 2. The molecule has 1 aromatic heterocycles. The average Bonchev–Trinajstić information content (AvgIpc) is 2.33. The van der Waals surface area contributed by atoms with E-state index in [0.717, 1.165) is 5.69 Å². The first kappa shape index (κ1) is 12.0. The van der Waals surface area contributed by atoms with E-state index in [1.165, 1.54) is 12.4 Å². The smallest absolute Gasteiger partial charge is 0.138 e. The standard InChI is InChI=1S/C11H10FIN4/c12-8-3-11(10(14)4-9(8)13)16-5-7-1-2-15-6-17-7/h1-4,6,16H,5,14H2. The average molecular weight is 344 g/mol. The molecule has 0 amide bonds. The number of anilines is 2. The number of rotatable bonds is 3. The topological polar surface area (TPSA) is 63.8 Å². The fourth-order valence-electron chi connectivity index (χ4n) is 1.32. The molecule has 0 saturated carbocycles. The Balaban J connectivity index is 2.12. The van der Waals surface area contributed by atoms with Gasteiger partial charge in [-0.1, -0.05) is 0 Å². The summed E-state index contributed by atoms with van der Waals surface area (Å²) in [5, 5.41) is 3.04. The maximum absolute atomic E-state index is 13.4. The van der Waals surface area contributed by atoms with Gasteiger partial charge in [0.05, 0.1) is 27.2 Å². The lowest BCUT2D eigenvalue weighted by Crippen LogP contribution is -2.05. The second-order valence-electron chi connectivity index (χ2n) is 3.41. The predicted molar refractivity (Wildman–Crippen MR) is 72.9 cm³/mol. The Kier molecular flexibility index (Phi) is 3.72. The quantitative estimate of drug-likeness (QED) is 0.663. The summed E-state index contributed by atoms with van der Waals surface area (Å²) >= 11 is 1.90. The zero-order valence-corrected chi connectivity index (χ0v) is 11.0. The zero-order valence-electron chi connectivity index (χ0n) is 8.82. The second kappa shape index (κ2) is 5.26. The molecular weight excluding hydrogens is 334 g/mol. The second-order valence-corrected chi connectivity index (χ2v) is 4.57. The van der Waals surface area contributed by atoms with Crippen molar-refractivity contribution in [3.05, 3.63) is 45.8 Å². The van der Waals surface area contributed by atoms with E-state index in [9.17, 15) is 4.39 Å². The van der Waals surface area contributed by atoms with Crippen molar-refractivity contribution in [2.45, 2.75) is 6.54 Å². The Morgan fingerprint density at radius 1 is 1.41 bits per heavy atom. The van der Waals surface area contributed by atoms with Gasteiger partial charge in [-0.25, -0.2) is 14.4 Å². The summed E-state index contributed by atoms with van der Waals surface area (Å²) in [6.45, 7) is 0.479. The maximum Gasteiger partial charge on any atom is 0.138 e. The Bertz CT molecular complexity index is 518. The molecule has 2 rings (SSSR count). The molecule has 0 aliphatic heterocycles. The molecule has 6 heteroatoms. The van der Waals surface area contributed by atoms with Crippen LogP contribution in [0.5, 0.6) is 0 Å². The van der Waals surface area contributed by atoms with Crippen LogP contribution in [0.3, 0.4) is 0 Å². The van der Waals surface area contributed by atoms with Crippen LogP contribution >= 0.6 is 22.6 Å². The number of hydrogen-bond donors (Lipinski definition) is 2. The lowest BCUT2D eigenvalue weighted by atomic mass is 10.2. The fraction of sp³-hybridized carbons (Fsp3) is 0.0909. The van der Waals surface area contributed by atoms with E-state index in [0.29, 0.717) is 21.5 Å². The van der Waals surface area contributed by atoms with Gasteiger partial charge in [-0.15, -0.1) is 0 Å². The van der Waals surface area contributed by atoms with Crippen LogP contribution in [0.2, 0.25) is 0 Å². The van der Waals surface area contributed by atoms with Gasteiger partial charge in [0, 0.05) is 12.3 Å². The minimum Gasteiger partial charge on any atom is -0.397 e. The number of halogens is 2. The third-order valence-electron chi connectivity index (χ3n) is 2.20. The van der Waals surface area contributed by atoms with Gasteiger partial charge in [-0.3, -0.25) is 0 Å². The molecule has 0 fully saturated rings. The van der Waals surface area contributed by atoms with Crippen molar-refractivity contribution in [1.29, 1.82) is 0 Å². The molecule has 0 spiro atoms. The van der Waals surface area contributed by atoms with Crippen LogP contribution < -0.4 is 11.1 Å². The molecule has 2 aromatic rings. The molecule has 88 valence electrons. The Morgan fingerprint density at radius 2 is 2.24 bits per heavy atom. The zero-order chi connectivity index (χ0) is 12.3. The SMILES string of the molecule is Nc1cc(I)c(F)cc1NCc1ccncn1. The van der Waals surface area contributed by atoms with Crippen LogP contribution in [0.4, 0.5) is 15.8 Å². The summed E-state index contributed by atoms with van der Waals surface area (Å²) in [7, 11) is 0. The molecule has 0 saturated heterocycles. The van der Waals surface area contributed by atoms with Gasteiger partial charge in [0.1, 0.15) is 12.1 Å². The van der Waals surface area contributed by atoms with Crippen molar-refractivity contribution in [2.24, 2.45) is 0 Å². The Labute approximate surface area is 112 Å². The predicted octanol–water partition coefficient (Wildman–Crippen LogP) is 2.41. The summed E-state index contributed by atoms with van der Waals surface area (Å²) in [6.07, 6.45) is 3.12. The highest BCUT2D eigenvalue weighted by Crippen LogP contribution is 2.24. The molecule has 0 bridgehead atoms. The van der Waals surface area contributed by atoms with Crippen LogP contribution in [0.1, 0.15) is 5.69 Å². The van der Waals surface area contributed by atoms with Crippen molar-refractivity contribution in [1.82, 2.24) is 9.97 Å². The third kappa shape index (κ3) is 3.02. The van der Waals surface area contributed by atoms with E-state index in [1.807, 2.05) is 22.6 Å². The molecule has 1 aromatic carbocycles. The summed E-state index contributed by atoms with van der Waals surface area (Å²) in [5.41, 5.74) is 7.69. The molecule has 0 radical (unpaired) electrons. The number of nitrogens with two attached hydrogens (primary N) is 1. The Hall–Kier alpha value is -1.44. The normalized spacial score (nSPS) is 10.2. The molecular formula is C11H10FIN4. The number of nitrogen functional groups attached to an aromatic ring is 1. The van der Waals surface area contributed by atoms with Crippen LogP contribution in [0.25, 0.3) is 0 Å². The van der Waals surface area contributed by atoms with Crippen molar-refractivity contribution < 1.29 is 4.39 Å². The lowest BCUT2D eigenvalue weighted by molar-refractivity contribution is 0.621. The van der Waals surface area contributed by atoms with Gasteiger partial charge in [-0.2, -0.15) is 0 Å². The van der Waals surface area contributed by atoms with Crippen molar-refractivity contribution in [2.75, 3.05) is 11.1 Å². The monoisotopic (exact) mass is 344 g/mol. The molecule has 0 atom stereocenters. The molecule has 4 nitrogen and oxygen atoms in total. The van der Waals surface area contributed by atoms with E-state index in [2.05, 4.69) is 15.3 Å². The highest BCUT2D eigenvalue weighted by atomic mass is 127. The molecule has 0 aliphatic rings. The van der Waals surface area contributed by atoms with Crippen LogP contribution in [0.15, 0.2) is 30.7 Å². The highest BCUT2D eigenvalue weighted by molar-refractivity contribution is 14.1. The first-order chi connectivity index (χ1) is 8.16. The summed E-state index contributed by atoms with van der Waals surface area (Å²) in [5.74, 6) is -0.287. The van der Waals surface area contributed by atoms with E-state index in [4.69, 9.17) is 5.73 Å². The minimum absolute atomic E-state index is 0.287. The fourth-order valence-corrected chi connectivity index (χ4v) is 1.81. The van der Waals surface area contributed by atoms with Crippen LogP contribution in [-0.4, -0.2) is 9.97 Å². The van der Waals surface area contributed by atoms with E-state index in [-0.39, 0.29) is 5.82 Å². The first-order valence-electron chi connectivity index (χ1n) is 4.90. The van der Waals surface area contributed by atoms with E-state index >= 15 is 0 Å². The van der Waals surface area contributed by atoms with Gasteiger partial charge in [0.15, 0.2) is 0 Å². The molecule has 1 heterocycles. The van der Waals surface area contributed by atoms with Gasteiger partial charge >= 0.3 is 0 Å². The van der Waals surface area contributed by atoms with Crippen molar-refractivity contribution >= 4 is 34.0 Å². The number of nitrogens with zero attached hydrogens (tertiary/aromatic N) is 2. The van der Waals surface area contributed by atoms with Crippen LogP contribution in [0, 0.1) is 9.39 Å². The summed E-state index contributed by atoms with van der Waals surface area (Å²) in [4.78, 5) is 7.87. The highest BCUT2D eigenvalue weighted by Gasteiger charge is 2.05. The van der Waals surface area contributed by atoms with E-state index < -0.39 is 0 Å². The Morgan fingerprint density at radius 3 is 2.94 bits per heavy atom. The minimum atomic E-state index is -0.287. The van der Waals surface area contributed by atoms with Gasteiger partial charge < -0.3 is 11.1 Å². The molecule has 0 unspecified atom stereocenters. The van der Waals surface area contributed by atoms with E-state index in [1.54, 1.807) is 18.3 Å². The van der Waals surface area contributed by atoms with Crippen LogP contribution in [-0.2, 0) is 6.54 Å². The first-order valence-corrected chi connectivity index (χ1v) is 5.98. The largest absolute Gasteiger partial charge is 0.397 e. The molecule has 17 heavy (non-hydrogen) atoms. The number of nitrogens with one attached hydrogen (secondary N) is 1.